The van der Waals surface area contributed by atoms with E-state index in [1.807, 2.05) is 0 Å². The summed E-state index contributed by atoms with van der Waals surface area (Å²) >= 11 is 0. The molecular formula is C12H25NO2. The molecule has 15 heavy (non-hydrogen) atoms. The van der Waals surface area contributed by atoms with Gasteiger partial charge in [-0.15, -0.1) is 0 Å². The van der Waals surface area contributed by atoms with Crippen LogP contribution < -0.4 is 5.32 Å². The second-order valence-corrected chi connectivity index (χ2v) is 5.65. The Balaban J connectivity index is 2.48. The van der Waals surface area contributed by atoms with Gasteiger partial charge in [-0.3, -0.25) is 0 Å². The Morgan fingerprint density at radius 3 is 2.33 bits per heavy atom. The van der Waals surface area contributed by atoms with Gasteiger partial charge in [-0.1, -0.05) is 0 Å². The second kappa shape index (κ2) is 5.28. The normalized spacial score (nSPS) is 21.6. The van der Waals surface area contributed by atoms with E-state index in [4.69, 9.17) is 9.47 Å². The van der Waals surface area contributed by atoms with Crippen LogP contribution in [0.5, 0.6) is 0 Å². The minimum atomic E-state index is 0.180. The second-order valence-electron chi connectivity index (χ2n) is 5.65. The average molecular weight is 215 g/mol. The summed E-state index contributed by atoms with van der Waals surface area (Å²) in [6, 6.07) is 0. The molecule has 0 amide bonds. The van der Waals surface area contributed by atoms with Crippen LogP contribution in [-0.4, -0.2) is 39.0 Å². The van der Waals surface area contributed by atoms with Crippen molar-refractivity contribution >= 4 is 0 Å². The average Bonchev–Trinajstić information content (AvgIpc) is 2.16. The van der Waals surface area contributed by atoms with Gasteiger partial charge in [0, 0.05) is 37.8 Å². The van der Waals surface area contributed by atoms with Crippen LogP contribution in [0.15, 0.2) is 0 Å². The summed E-state index contributed by atoms with van der Waals surface area (Å²) in [6.45, 7) is 10.2. The molecule has 0 unspecified atom stereocenters. The molecule has 0 aliphatic carbocycles. The van der Waals surface area contributed by atoms with Crippen molar-refractivity contribution < 1.29 is 9.47 Å². The predicted octanol–water partition coefficient (Wildman–Crippen LogP) is 1.82. The lowest BCUT2D eigenvalue weighted by Gasteiger charge is -2.39. The van der Waals surface area contributed by atoms with E-state index >= 15 is 0 Å². The van der Waals surface area contributed by atoms with E-state index in [9.17, 15) is 0 Å². The van der Waals surface area contributed by atoms with Crippen molar-refractivity contribution in [3.8, 4) is 0 Å². The van der Waals surface area contributed by atoms with Gasteiger partial charge in [0.15, 0.2) is 0 Å². The first-order valence-electron chi connectivity index (χ1n) is 5.79. The Morgan fingerprint density at radius 2 is 1.87 bits per heavy atom. The third kappa shape index (κ3) is 4.49. The van der Waals surface area contributed by atoms with E-state index in [1.54, 1.807) is 7.11 Å². The maximum atomic E-state index is 5.42. The molecule has 1 aliphatic rings. The molecule has 3 heteroatoms. The Hall–Kier alpha value is -0.120. The van der Waals surface area contributed by atoms with E-state index in [-0.39, 0.29) is 11.0 Å². The monoisotopic (exact) mass is 215 g/mol. The smallest absolute Gasteiger partial charge is 0.0532 e. The predicted molar refractivity (Wildman–Crippen MR) is 62.1 cm³/mol. The molecule has 0 bridgehead atoms. The lowest BCUT2D eigenvalue weighted by Crippen LogP contribution is -2.48. The van der Waals surface area contributed by atoms with Gasteiger partial charge in [0.1, 0.15) is 0 Å². The zero-order chi connectivity index (χ0) is 11.4. The minimum Gasteiger partial charge on any atom is -0.384 e. The summed E-state index contributed by atoms with van der Waals surface area (Å²) in [4.78, 5) is 0. The quantitative estimate of drug-likeness (QED) is 0.776. The van der Waals surface area contributed by atoms with E-state index < -0.39 is 0 Å². The Labute approximate surface area is 93.5 Å². The molecular weight excluding hydrogens is 190 g/mol. The summed E-state index contributed by atoms with van der Waals surface area (Å²) < 4.78 is 10.8. The number of methoxy groups -OCH3 is 1. The molecule has 90 valence electrons. The summed E-state index contributed by atoms with van der Waals surface area (Å²) in [5.74, 6) is 0. The molecule has 0 saturated carbocycles. The van der Waals surface area contributed by atoms with Gasteiger partial charge < -0.3 is 14.8 Å². The van der Waals surface area contributed by atoms with Crippen molar-refractivity contribution in [3.63, 3.8) is 0 Å². The Morgan fingerprint density at radius 1 is 1.27 bits per heavy atom. The summed E-state index contributed by atoms with van der Waals surface area (Å²) in [7, 11) is 1.79. The molecule has 1 heterocycles. The van der Waals surface area contributed by atoms with Gasteiger partial charge in [-0.05, 0) is 33.6 Å². The molecule has 3 nitrogen and oxygen atoms in total. The molecule has 1 saturated heterocycles. The number of hydrogen-bond donors (Lipinski definition) is 1. The molecule has 0 atom stereocenters. The largest absolute Gasteiger partial charge is 0.384 e. The van der Waals surface area contributed by atoms with Gasteiger partial charge in [-0.25, -0.2) is 0 Å². The molecule has 0 aromatic rings. The number of nitrogens with one attached hydrogen (secondary N) is 1. The summed E-state index contributed by atoms with van der Waals surface area (Å²) in [5, 5.41) is 3.58. The number of hydrogen-bond acceptors (Lipinski definition) is 3. The highest BCUT2D eigenvalue weighted by atomic mass is 16.5. The lowest BCUT2D eigenvalue weighted by molar-refractivity contribution is -0.0293. The van der Waals surface area contributed by atoms with Crippen molar-refractivity contribution in [2.45, 2.75) is 39.2 Å². The van der Waals surface area contributed by atoms with Crippen molar-refractivity contribution in [1.29, 1.82) is 0 Å². The van der Waals surface area contributed by atoms with Crippen LogP contribution in [0.25, 0.3) is 0 Å². The molecule has 0 spiro atoms. The van der Waals surface area contributed by atoms with Crippen LogP contribution in [0.4, 0.5) is 0 Å². The van der Waals surface area contributed by atoms with Crippen molar-refractivity contribution in [2.75, 3.05) is 33.5 Å². The van der Waals surface area contributed by atoms with Crippen molar-refractivity contribution in [3.05, 3.63) is 0 Å². The maximum absolute atomic E-state index is 5.42. The van der Waals surface area contributed by atoms with Crippen molar-refractivity contribution in [2.24, 2.45) is 5.41 Å². The van der Waals surface area contributed by atoms with E-state index in [2.05, 4.69) is 26.1 Å². The van der Waals surface area contributed by atoms with Gasteiger partial charge in [0.2, 0.25) is 0 Å². The Bertz CT molecular complexity index is 175. The molecule has 1 rings (SSSR count). The van der Waals surface area contributed by atoms with Crippen LogP contribution >= 0.6 is 0 Å². The fraction of sp³-hybridized carbons (Fsp3) is 1.00. The third-order valence-corrected chi connectivity index (χ3v) is 3.00. The molecule has 1 fully saturated rings. The standard InChI is InChI=1S/C12H25NO2/c1-11(2,3)13-9-12(10-14-4)5-7-15-8-6-12/h13H,5-10H2,1-4H3. The molecule has 0 radical (unpaired) electrons. The van der Waals surface area contributed by atoms with Gasteiger partial charge in [0.25, 0.3) is 0 Å². The van der Waals surface area contributed by atoms with Gasteiger partial charge >= 0.3 is 0 Å². The minimum absolute atomic E-state index is 0.180. The van der Waals surface area contributed by atoms with Gasteiger partial charge in [-0.2, -0.15) is 0 Å². The molecule has 1 aliphatic heterocycles. The summed E-state index contributed by atoms with van der Waals surface area (Å²) in [5.41, 5.74) is 0.458. The van der Waals surface area contributed by atoms with Crippen molar-refractivity contribution in [1.82, 2.24) is 5.32 Å². The lowest BCUT2D eigenvalue weighted by atomic mass is 9.80. The van der Waals surface area contributed by atoms with E-state index in [1.165, 1.54) is 0 Å². The topological polar surface area (TPSA) is 30.5 Å². The Kier molecular flexibility index (Phi) is 4.56. The fourth-order valence-electron chi connectivity index (χ4n) is 1.94. The van der Waals surface area contributed by atoms with Crippen LogP contribution in [0, 0.1) is 5.41 Å². The SMILES string of the molecule is COCC1(CNC(C)(C)C)CCOCC1. The fourth-order valence-corrected chi connectivity index (χ4v) is 1.94. The highest BCUT2D eigenvalue weighted by Gasteiger charge is 2.33. The zero-order valence-electron chi connectivity index (χ0n) is 10.6. The third-order valence-electron chi connectivity index (χ3n) is 3.00. The first-order chi connectivity index (χ1) is 6.97. The highest BCUT2D eigenvalue weighted by molar-refractivity contribution is 4.86. The molecule has 1 N–H and O–H groups in total. The molecule has 0 aromatic heterocycles. The van der Waals surface area contributed by atoms with Crippen LogP contribution in [0.1, 0.15) is 33.6 Å². The summed E-state index contributed by atoms with van der Waals surface area (Å²) in [6.07, 6.45) is 2.20. The first-order valence-corrected chi connectivity index (χ1v) is 5.79. The highest BCUT2D eigenvalue weighted by Crippen LogP contribution is 2.30. The van der Waals surface area contributed by atoms with E-state index in [0.717, 1.165) is 39.2 Å². The maximum Gasteiger partial charge on any atom is 0.0532 e. The van der Waals surface area contributed by atoms with E-state index in [0.29, 0.717) is 0 Å². The molecule has 0 aromatic carbocycles. The number of ether oxygens (including phenoxy) is 2. The number of rotatable bonds is 4. The van der Waals surface area contributed by atoms with Crippen LogP contribution in [-0.2, 0) is 9.47 Å². The zero-order valence-corrected chi connectivity index (χ0v) is 10.6. The van der Waals surface area contributed by atoms with Crippen LogP contribution in [0.3, 0.4) is 0 Å². The van der Waals surface area contributed by atoms with Gasteiger partial charge in [0.05, 0.1) is 6.61 Å². The first kappa shape index (κ1) is 12.9. The van der Waals surface area contributed by atoms with Crippen LogP contribution in [0.2, 0.25) is 0 Å².